The Hall–Kier alpha value is -3.65. The molecule has 198 valence electrons. The Morgan fingerprint density at radius 1 is 1.05 bits per heavy atom. The molecule has 9 heteroatoms. The molecule has 1 atom stereocenters. The van der Waals surface area contributed by atoms with E-state index in [0.717, 1.165) is 16.7 Å². The lowest BCUT2D eigenvalue weighted by atomic mass is 9.96. The minimum Gasteiger partial charge on any atom is -0.489 e. The molecule has 3 aromatic carbocycles. The number of benzene rings is 3. The molecule has 0 amide bonds. The highest BCUT2D eigenvalue weighted by Gasteiger charge is 2.33. The maximum absolute atomic E-state index is 13.8. The Labute approximate surface area is 239 Å². The number of ether oxygens (including phenoxy) is 2. The lowest BCUT2D eigenvalue weighted by Crippen LogP contribution is -2.39. The molecule has 1 unspecified atom stereocenters. The van der Waals surface area contributed by atoms with Crippen molar-refractivity contribution in [2.24, 2.45) is 4.99 Å². The van der Waals surface area contributed by atoms with Gasteiger partial charge in [0.1, 0.15) is 12.4 Å². The average Bonchev–Trinajstić information content (AvgIpc) is 3.22. The van der Waals surface area contributed by atoms with Crippen LogP contribution in [0, 0.1) is 0 Å². The fourth-order valence-electron chi connectivity index (χ4n) is 4.34. The van der Waals surface area contributed by atoms with E-state index in [1.54, 1.807) is 36.6 Å². The van der Waals surface area contributed by atoms with Crippen LogP contribution in [-0.4, -0.2) is 17.1 Å². The molecule has 2 heterocycles. The van der Waals surface area contributed by atoms with Gasteiger partial charge in [-0.15, -0.1) is 0 Å². The Bertz CT molecular complexity index is 1740. The number of fused-ring (bicyclic) bond motifs is 1. The lowest BCUT2D eigenvalue weighted by molar-refractivity contribution is -0.139. The highest BCUT2D eigenvalue weighted by molar-refractivity contribution is 7.07. The van der Waals surface area contributed by atoms with Gasteiger partial charge in [0.05, 0.1) is 28.5 Å². The molecule has 0 aliphatic carbocycles. The molecular weight excluding hydrogens is 555 g/mol. The van der Waals surface area contributed by atoms with E-state index in [2.05, 4.69) is 4.99 Å². The van der Waals surface area contributed by atoms with Crippen molar-refractivity contribution in [2.45, 2.75) is 26.5 Å². The second-order valence-electron chi connectivity index (χ2n) is 8.84. The van der Waals surface area contributed by atoms with Gasteiger partial charge in [0.2, 0.25) is 0 Å². The third-order valence-electron chi connectivity index (χ3n) is 6.18. The summed E-state index contributed by atoms with van der Waals surface area (Å²) in [5, 5.41) is 1.23. The molecule has 5 rings (SSSR count). The third kappa shape index (κ3) is 5.86. The number of nitrogens with zero attached hydrogens (tertiary/aromatic N) is 2. The molecule has 1 aliphatic heterocycles. The van der Waals surface area contributed by atoms with Crippen molar-refractivity contribution in [1.82, 2.24) is 4.57 Å². The van der Waals surface area contributed by atoms with Crippen LogP contribution in [0.3, 0.4) is 0 Å². The molecule has 0 saturated heterocycles. The number of esters is 1. The van der Waals surface area contributed by atoms with Crippen LogP contribution < -0.4 is 19.6 Å². The van der Waals surface area contributed by atoms with Gasteiger partial charge in [-0.25, -0.2) is 9.79 Å². The van der Waals surface area contributed by atoms with Crippen LogP contribution in [0.25, 0.3) is 6.08 Å². The minimum absolute atomic E-state index is 0.212. The first-order valence-corrected chi connectivity index (χ1v) is 13.8. The van der Waals surface area contributed by atoms with Crippen molar-refractivity contribution in [3.63, 3.8) is 0 Å². The van der Waals surface area contributed by atoms with Gasteiger partial charge in [0, 0.05) is 10.0 Å². The number of allylic oxidation sites excluding steroid dienone is 1. The molecule has 0 bridgehead atoms. The van der Waals surface area contributed by atoms with Gasteiger partial charge in [-0.1, -0.05) is 70.9 Å². The summed E-state index contributed by atoms with van der Waals surface area (Å²) in [6.45, 7) is 4.10. The molecular formula is C30H24Cl2N2O4S. The normalized spacial score (nSPS) is 15.1. The van der Waals surface area contributed by atoms with E-state index >= 15 is 0 Å². The first-order chi connectivity index (χ1) is 18.8. The summed E-state index contributed by atoms with van der Waals surface area (Å²) in [6.07, 6.45) is 1.81. The monoisotopic (exact) mass is 578 g/mol. The van der Waals surface area contributed by atoms with E-state index in [-0.39, 0.29) is 12.2 Å². The largest absolute Gasteiger partial charge is 0.489 e. The molecule has 0 N–H and O–H groups in total. The summed E-state index contributed by atoms with van der Waals surface area (Å²) in [4.78, 5) is 31.9. The van der Waals surface area contributed by atoms with Gasteiger partial charge in [-0.05, 0) is 73.0 Å². The second kappa shape index (κ2) is 11.6. The zero-order valence-electron chi connectivity index (χ0n) is 21.2. The molecule has 39 heavy (non-hydrogen) atoms. The molecule has 0 saturated carbocycles. The van der Waals surface area contributed by atoms with E-state index < -0.39 is 12.0 Å². The quantitative estimate of drug-likeness (QED) is 0.264. The van der Waals surface area contributed by atoms with Crippen LogP contribution in [0.2, 0.25) is 10.0 Å². The zero-order chi connectivity index (χ0) is 27.5. The first-order valence-electron chi connectivity index (χ1n) is 12.3. The highest BCUT2D eigenvalue weighted by Crippen LogP contribution is 2.31. The van der Waals surface area contributed by atoms with Crippen LogP contribution >= 0.6 is 34.5 Å². The number of rotatable bonds is 7. The molecule has 1 aromatic heterocycles. The van der Waals surface area contributed by atoms with E-state index in [0.29, 0.717) is 43.0 Å². The standard InChI is InChI=1S/C30H24Cl2N2O4S/c1-3-37-29(36)26-18(2)33-30-34(27(26)21-9-13-23(32)14-10-21)28(35)25(39-30)16-20-5-4-6-24(15-20)38-17-19-7-11-22(31)12-8-19/h4-16,27H,3,17H2,1-2H3/b25-16-. The Balaban J connectivity index is 1.53. The third-order valence-corrected chi connectivity index (χ3v) is 7.66. The summed E-state index contributed by atoms with van der Waals surface area (Å²) >= 11 is 13.4. The van der Waals surface area contributed by atoms with Crippen molar-refractivity contribution in [1.29, 1.82) is 0 Å². The summed E-state index contributed by atoms with van der Waals surface area (Å²) in [5.74, 6) is 0.171. The Morgan fingerprint density at radius 3 is 2.44 bits per heavy atom. The zero-order valence-corrected chi connectivity index (χ0v) is 23.5. The van der Waals surface area contributed by atoms with E-state index in [1.807, 2.05) is 60.7 Å². The smallest absolute Gasteiger partial charge is 0.338 e. The van der Waals surface area contributed by atoms with Crippen molar-refractivity contribution in [3.8, 4) is 5.75 Å². The number of hydrogen-bond acceptors (Lipinski definition) is 6. The molecule has 0 fully saturated rings. The van der Waals surface area contributed by atoms with E-state index in [1.165, 1.54) is 11.3 Å². The van der Waals surface area contributed by atoms with Crippen LogP contribution in [-0.2, 0) is 16.1 Å². The first kappa shape index (κ1) is 26.9. The van der Waals surface area contributed by atoms with Crippen LogP contribution in [0.15, 0.2) is 93.9 Å². The summed E-state index contributed by atoms with van der Waals surface area (Å²) < 4.78 is 13.3. The number of carbonyl (C=O) groups is 1. The molecule has 1 aliphatic rings. The maximum Gasteiger partial charge on any atom is 0.338 e. The number of carbonyl (C=O) groups excluding carboxylic acids is 1. The minimum atomic E-state index is -0.686. The van der Waals surface area contributed by atoms with Gasteiger partial charge in [-0.2, -0.15) is 0 Å². The predicted octanol–water partition coefficient (Wildman–Crippen LogP) is 5.68. The number of thiazole rings is 1. The fraction of sp³-hybridized carbons (Fsp3) is 0.167. The molecule has 0 radical (unpaired) electrons. The second-order valence-corrected chi connectivity index (χ2v) is 10.7. The van der Waals surface area contributed by atoms with E-state index in [4.69, 9.17) is 32.7 Å². The topological polar surface area (TPSA) is 69.9 Å². The summed E-state index contributed by atoms with van der Waals surface area (Å²) in [7, 11) is 0. The van der Waals surface area contributed by atoms with Crippen LogP contribution in [0.1, 0.15) is 36.6 Å². The fourth-order valence-corrected chi connectivity index (χ4v) is 5.64. The van der Waals surface area contributed by atoms with Gasteiger partial charge in [0.15, 0.2) is 4.80 Å². The van der Waals surface area contributed by atoms with Crippen LogP contribution in [0.5, 0.6) is 5.75 Å². The van der Waals surface area contributed by atoms with E-state index in [9.17, 15) is 9.59 Å². The Morgan fingerprint density at radius 2 is 1.74 bits per heavy atom. The van der Waals surface area contributed by atoms with Crippen molar-refractivity contribution >= 4 is 46.6 Å². The van der Waals surface area contributed by atoms with Crippen molar-refractivity contribution in [2.75, 3.05) is 6.61 Å². The average molecular weight is 580 g/mol. The predicted molar refractivity (Wildman–Crippen MR) is 154 cm³/mol. The number of halogens is 2. The van der Waals surface area contributed by atoms with Crippen molar-refractivity contribution < 1.29 is 14.3 Å². The Kier molecular flexibility index (Phi) is 8.02. The molecule has 6 nitrogen and oxygen atoms in total. The van der Waals surface area contributed by atoms with Gasteiger partial charge in [0.25, 0.3) is 5.56 Å². The van der Waals surface area contributed by atoms with Crippen molar-refractivity contribution in [3.05, 3.63) is 130 Å². The lowest BCUT2D eigenvalue weighted by Gasteiger charge is -2.24. The highest BCUT2D eigenvalue weighted by atomic mass is 35.5. The number of aromatic nitrogens is 1. The number of hydrogen-bond donors (Lipinski definition) is 0. The SMILES string of the molecule is CCOC(=O)C1=C(C)N=c2s/c(=C\c3cccc(OCc4ccc(Cl)cc4)c3)c(=O)n2C1c1ccc(Cl)cc1. The summed E-state index contributed by atoms with van der Waals surface area (Å²) in [5.41, 5.74) is 3.13. The van der Waals surface area contributed by atoms with Gasteiger partial charge in [-0.3, -0.25) is 9.36 Å². The summed E-state index contributed by atoms with van der Waals surface area (Å²) in [6, 6.07) is 21.4. The van der Waals surface area contributed by atoms with Gasteiger partial charge < -0.3 is 9.47 Å². The van der Waals surface area contributed by atoms with Crippen LogP contribution in [0.4, 0.5) is 0 Å². The molecule has 0 spiro atoms. The van der Waals surface area contributed by atoms with Gasteiger partial charge >= 0.3 is 5.97 Å². The maximum atomic E-state index is 13.8. The molecule has 4 aromatic rings.